The topological polar surface area (TPSA) is 75.7 Å². The molecule has 3 aromatic carbocycles. The molecule has 0 aliphatic carbocycles. The van der Waals surface area contributed by atoms with Crippen LogP contribution in [0.4, 0.5) is 11.4 Å². The molecule has 0 unspecified atom stereocenters. The van der Waals surface area contributed by atoms with Crippen molar-refractivity contribution in [2.24, 2.45) is 0 Å². The third-order valence-corrected chi connectivity index (χ3v) is 5.61. The van der Waals surface area contributed by atoms with Gasteiger partial charge in [0, 0.05) is 11.3 Å². The zero-order valence-electron chi connectivity index (χ0n) is 17.8. The summed E-state index contributed by atoms with van der Waals surface area (Å²) in [5.41, 5.74) is 2.45. The summed E-state index contributed by atoms with van der Waals surface area (Å²) in [6.45, 7) is 4.12. The number of rotatable bonds is 8. The van der Waals surface area contributed by atoms with Crippen LogP contribution in [0.5, 0.6) is 5.75 Å². The molecule has 31 heavy (non-hydrogen) atoms. The molecule has 0 saturated heterocycles. The number of carbonyl (C=O) groups excluding carboxylic acids is 1. The number of carbonyl (C=O) groups is 1. The monoisotopic (exact) mass is 438 g/mol. The Kier molecular flexibility index (Phi) is 6.97. The highest BCUT2D eigenvalue weighted by Gasteiger charge is 2.18. The second kappa shape index (κ2) is 9.66. The van der Waals surface area contributed by atoms with Crippen LogP contribution in [0.1, 0.15) is 29.8 Å². The maximum Gasteiger partial charge on any atom is 0.255 e. The maximum absolute atomic E-state index is 12.6. The highest BCUT2D eigenvalue weighted by atomic mass is 32.2. The first-order valence-corrected chi connectivity index (χ1v) is 11.8. The zero-order chi connectivity index (χ0) is 22.4. The summed E-state index contributed by atoms with van der Waals surface area (Å²) in [6.07, 6.45) is 1.25. The van der Waals surface area contributed by atoms with Crippen molar-refractivity contribution in [2.45, 2.75) is 26.5 Å². The summed E-state index contributed by atoms with van der Waals surface area (Å²) in [4.78, 5) is 12.6. The van der Waals surface area contributed by atoms with E-state index in [1.807, 2.05) is 44.2 Å². The lowest BCUT2D eigenvalue weighted by Gasteiger charge is -2.22. The lowest BCUT2D eigenvalue weighted by atomic mass is 10.1. The van der Waals surface area contributed by atoms with Crippen LogP contribution in [0.15, 0.2) is 78.9 Å². The van der Waals surface area contributed by atoms with Gasteiger partial charge in [-0.2, -0.15) is 0 Å². The van der Waals surface area contributed by atoms with E-state index in [9.17, 15) is 13.2 Å². The van der Waals surface area contributed by atoms with Crippen LogP contribution >= 0.6 is 0 Å². The van der Waals surface area contributed by atoms with Crippen LogP contribution in [0.25, 0.3) is 0 Å². The number of anilines is 2. The molecule has 0 aromatic heterocycles. The molecule has 1 amide bonds. The molecular weight excluding hydrogens is 412 g/mol. The normalized spacial score (nSPS) is 11.2. The van der Waals surface area contributed by atoms with Gasteiger partial charge in [0.05, 0.1) is 24.6 Å². The highest BCUT2D eigenvalue weighted by molar-refractivity contribution is 7.92. The van der Waals surface area contributed by atoms with Gasteiger partial charge in [-0.05, 0) is 67.9 Å². The smallest absolute Gasteiger partial charge is 0.255 e. The van der Waals surface area contributed by atoms with E-state index in [-0.39, 0.29) is 18.6 Å². The standard InChI is InChI=1S/C24H26N2O4S/c1-18(2)30-23-15-11-21(12-16-23)25-24(27)20-9-13-22(14-10-20)26(31(3,28)29)17-19-7-5-4-6-8-19/h4-16,18H,17H2,1-3H3,(H,25,27). The summed E-state index contributed by atoms with van der Waals surface area (Å²) >= 11 is 0. The SMILES string of the molecule is CC(C)Oc1ccc(NC(=O)c2ccc(N(Cc3ccccc3)S(C)(=O)=O)cc2)cc1. The molecule has 0 heterocycles. The molecule has 3 aromatic rings. The van der Waals surface area contributed by atoms with Crippen molar-refractivity contribution < 1.29 is 17.9 Å². The summed E-state index contributed by atoms with van der Waals surface area (Å²) in [7, 11) is -3.49. The fourth-order valence-corrected chi connectivity index (χ4v) is 3.91. The maximum atomic E-state index is 12.6. The molecule has 162 valence electrons. The van der Waals surface area contributed by atoms with Gasteiger partial charge in [0.2, 0.25) is 10.0 Å². The van der Waals surface area contributed by atoms with Crippen LogP contribution in [0.3, 0.4) is 0 Å². The number of hydrogen-bond donors (Lipinski definition) is 1. The molecule has 6 nitrogen and oxygen atoms in total. The first-order chi connectivity index (χ1) is 14.7. The van der Waals surface area contributed by atoms with Crippen LogP contribution in [0.2, 0.25) is 0 Å². The van der Waals surface area contributed by atoms with Crippen LogP contribution in [-0.4, -0.2) is 26.7 Å². The Morgan fingerprint density at radius 1 is 0.935 bits per heavy atom. The van der Waals surface area contributed by atoms with Gasteiger partial charge in [-0.1, -0.05) is 30.3 Å². The number of benzene rings is 3. The molecule has 0 aliphatic heterocycles. The van der Waals surface area contributed by atoms with Crippen molar-refractivity contribution in [1.29, 1.82) is 0 Å². The third-order valence-electron chi connectivity index (χ3n) is 4.47. The Bertz CT molecular complexity index is 1110. The molecule has 1 N–H and O–H groups in total. The Labute approximate surface area is 183 Å². The molecule has 0 radical (unpaired) electrons. The lowest BCUT2D eigenvalue weighted by Crippen LogP contribution is -2.29. The summed E-state index contributed by atoms with van der Waals surface area (Å²) < 4.78 is 31.6. The number of sulfonamides is 1. The molecule has 0 bridgehead atoms. The van der Waals surface area contributed by atoms with E-state index < -0.39 is 10.0 Å². The van der Waals surface area contributed by atoms with Crippen molar-refractivity contribution >= 4 is 27.3 Å². The summed E-state index contributed by atoms with van der Waals surface area (Å²) in [5, 5.41) is 2.83. The van der Waals surface area contributed by atoms with E-state index in [1.54, 1.807) is 48.5 Å². The largest absolute Gasteiger partial charge is 0.491 e. The second-order valence-corrected chi connectivity index (χ2v) is 9.35. The van der Waals surface area contributed by atoms with Gasteiger partial charge in [0.1, 0.15) is 5.75 Å². The fraction of sp³-hybridized carbons (Fsp3) is 0.208. The predicted molar refractivity (Wildman–Crippen MR) is 124 cm³/mol. The number of amides is 1. The third kappa shape index (κ3) is 6.33. The first kappa shape index (κ1) is 22.4. The van der Waals surface area contributed by atoms with Gasteiger partial charge >= 0.3 is 0 Å². The van der Waals surface area contributed by atoms with Crippen molar-refractivity contribution in [2.75, 3.05) is 15.9 Å². The minimum Gasteiger partial charge on any atom is -0.491 e. The highest BCUT2D eigenvalue weighted by Crippen LogP contribution is 2.22. The minimum absolute atomic E-state index is 0.0762. The van der Waals surface area contributed by atoms with E-state index >= 15 is 0 Å². The van der Waals surface area contributed by atoms with Crippen molar-refractivity contribution in [3.8, 4) is 5.75 Å². The van der Waals surface area contributed by atoms with Crippen LogP contribution < -0.4 is 14.4 Å². The molecule has 0 fully saturated rings. The van der Waals surface area contributed by atoms with E-state index in [2.05, 4.69) is 5.32 Å². The van der Waals surface area contributed by atoms with Gasteiger partial charge in [0.25, 0.3) is 5.91 Å². The Balaban J connectivity index is 1.72. The van der Waals surface area contributed by atoms with E-state index in [0.717, 1.165) is 11.3 Å². The van der Waals surface area contributed by atoms with Crippen LogP contribution in [-0.2, 0) is 16.6 Å². The summed E-state index contributed by atoms with van der Waals surface area (Å²) in [6, 6.07) is 23.0. The average molecular weight is 439 g/mol. The molecule has 0 saturated carbocycles. The number of ether oxygens (including phenoxy) is 1. The number of nitrogens with zero attached hydrogens (tertiary/aromatic N) is 1. The second-order valence-electron chi connectivity index (χ2n) is 7.45. The number of nitrogens with one attached hydrogen (secondary N) is 1. The minimum atomic E-state index is -3.49. The summed E-state index contributed by atoms with van der Waals surface area (Å²) in [5.74, 6) is 0.453. The fourth-order valence-electron chi connectivity index (χ4n) is 3.02. The van der Waals surface area contributed by atoms with Gasteiger partial charge in [-0.3, -0.25) is 9.10 Å². The van der Waals surface area contributed by atoms with E-state index in [4.69, 9.17) is 4.74 Å². The Hall–Kier alpha value is -3.32. The zero-order valence-corrected chi connectivity index (χ0v) is 18.6. The van der Waals surface area contributed by atoms with Gasteiger partial charge in [0.15, 0.2) is 0 Å². The molecule has 0 aliphatic rings. The van der Waals surface area contributed by atoms with E-state index in [0.29, 0.717) is 16.9 Å². The molecule has 0 spiro atoms. The van der Waals surface area contributed by atoms with Gasteiger partial charge < -0.3 is 10.1 Å². The van der Waals surface area contributed by atoms with Crippen LogP contribution in [0, 0.1) is 0 Å². The quantitative estimate of drug-likeness (QED) is 0.553. The Morgan fingerprint density at radius 2 is 1.55 bits per heavy atom. The van der Waals surface area contributed by atoms with E-state index in [1.165, 1.54) is 10.6 Å². The van der Waals surface area contributed by atoms with Gasteiger partial charge in [-0.25, -0.2) is 8.42 Å². The first-order valence-electron chi connectivity index (χ1n) is 9.92. The van der Waals surface area contributed by atoms with Crippen molar-refractivity contribution in [3.63, 3.8) is 0 Å². The molecule has 7 heteroatoms. The molecular formula is C24H26N2O4S. The van der Waals surface area contributed by atoms with Crippen molar-refractivity contribution in [3.05, 3.63) is 90.0 Å². The average Bonchev–Trinajstić information content (AvgIpc) is 2.73. The number of hydrogen-bond acceptors (Lipinski definition) is 4. The Morgan fingerprint density at radius 3 is 2.10 bits per heavy atom. The molecule has 3 rings (SSSR count). The van der Waals surface area contributed by atoms with Crippen molar-refractivity contribution in [1.82, 2.24) is 0 Å². The molecule has 0 atom stereocenters. The van der Waals surface area contributed by atoms with Gasteiger partial charge in [-0.15, -0.1) is 0 Å². The predicted octanol–water partition coefficient (Wildman–Crippen LogP) is 4.69. The lowest BCUT2D eigenvalue weighted by molar-refractivity contribution is 0.102.